The molecule has 6 heteroatoms. The van der Waals surface area contributed by atoms with Gasteiger partial charge >= 0.3 is 0 Å². The fourth-order valence-corrected chi connectivity index (χ4v) is 2.10. The smallest absolute Gasteiger partial charge is 0.251 e. The second kappa shape index (κ2) is 5.32. The molecule has 1 atom stereocenters. The summed E-state index contributed by atoms with van der Waals surface area (Å²) in [6.45, 7) is 1.82. The van der Waals surface area contributed by atoms with Crippen LogP contribution in [0.4, 0.5) is 4.39 Å². The average molecular weight is 284 g/mol. The molecule has 0 bridgehead atoms. The first-order valence-corrected chi connectivity index (χ1v) is 6.51. The molecule has 0 saturated carbocycles. The van der Waals surface area contributed by atoms with E-state index in [4.69, 9.17) is 0 Å². The zero-order valence-corrected chi connectivity index (χ0v) is 11.3. The van der Waals surface area contributed by atoms with E-state index in [1.165, 1.54) is 24.3 Å². The van der Waals surface area contributed by atoms with Gasteiger partial charge in [0.15, 0.2) is 11.5 Å². The van der Waals surface area contributed by atoms with Crippen LogP contribution in [0.25, 0.3) is 5.65 Å². The van der Waals surface area contributed by atoms with Gasteiger partial charge in [0.25, 0.3) is 5.91 Å². The number of amides is 1. The van der Waals surface area contributed by atoms with Crippen LogP contribution < -0.4 is 5.32 Å². The highest BCUT2D eigenvalue weighted by Crippen LogP contribution is 2.13. The molecular weight excluding hydrogens is 271 g/mol. The lowest BCUT2D eigenvalue weighted by Crippen LogP contribution is -2.28. The first-order valence-electron chi connectivity index (χ1n) is 6.51. The minimum absolute atomic E-state index is 0.282. The summed E-state index contributed by atoms with van der Waals surface area (Å²) in [4.78, 5) is 12.1. The Hall–Kier alpha value is -2.76. The van der Waals surface area contributed by atoms with Gasteiger partial charge in [-0.05, 0) is 43.3 Å². The fourth-order valence-electron chi connectivity index (χ4n) is 2.10. The van der Waals surface area contributed by atoms with Crippen molar-refractivity contribution in [1.82, 2.24) is 19.9 Å². The number of hydrogen-bond donors (Lipinski definition) is 1. The second-order valence-electron chi connectivity index (χ2n) is 4.69. The molecule has 1 amide bonds. The lowest BCUT2D eigenvalue weighted by Gasteiger charge is -2.12. The molecule has 0 spiro atoms. The van der Waals surface area contributed by atoms with Crippen LogP contribution in [0.2, 0.25) is 0 Å². The van der Waals surface area contributed by atoms with Gasteiger partial charge in [0, 0.05) is 11.8 Å². The van der Waals surface area contributed by atoms with Gasteiger partial charge in [-0.15, -0.1) is 10.2 Å². The number of carbonyl (C=O) groups is 1. The van der Waals surface area contributed by atoms with Gasteiger partial charge in [0.2, 0.25) is 0 Å². The molecule has 0 aliphatic heterocycles. The zero-order valence-electron chi connectivity index (χ0n) is 11.3. The SMILES string of the molecule is CC(NC(=O)c1ccc(F)cc1)c1nnc2ccccn12. The Kier molecular flexibility index (Phi) is 3.35. The van der Waals surface area contributed by atoms with Crippen LogP contribution in [0.1, 0.15) is 29.1 Å². The molecule has 21 heavy (non-hydrogen) atoms. The normalized spacial score (nSPS) is 12.3. The zero-order chi connectivity index (χ0) is 14.8. The van der Waals surface area contributed by atoms with E-state index in [0.717, 1.165) is 5.65 Å². The summed E-state index contributed by atoms with van der Waals surface area (Å²) < 4.78 is 14.7. The summed E-state index contributed by atoms with van der Waals surface area (Å²) in [7, 11) is 0. The van der Waals surface area contributed by atoms with Crippen LogP contribution in [-0.4, -0.2) is 20.5 Å². The summed E-state index contributed by atoms with van der Waals surface area (Å²) in [5, 5.41) is 11.0. The second-order valence-corrected chi connectivity index (χ2v) is 4.69. The van der Waals surface area contributed by atoms with E-state index in [9.17, 15) is 9.18 Å². The number of fused-ring (bicyclic) bond motifs is 1. The van der Waals surface area contributed by atoms with E-state index >= 15 is 0 Å². The molecule has 0 aliphatic rings. The maximum atomic E-state index is 12.9. The average Bonchev–Trinajstić information content (AvgIpc) is 2.92. The minimum Gasteiger partial charge on any atom is -0.342 e. The Morgan fingerprint density at radius 1 is 1.19 bits per heavy atom. The molecular formula is C15H13FN4O. The van der Waals surface area contributed by atoms with Gasteiger partial charge in [-0.3, -0.25) is 9.20 Å². The van der Waals surface area contributed by atoms with Crippen molar-refractivity contribution in [3.63, 3.8) is 0 Å². The molecule has 1 N–H and O–H groups in total. The Balaban J connectivity index is 1.81. The lowest BCUT2D eigenvalue weighted by molar-refractivity contribution is 0.0938. The summed E-state index contributed by atoms with van der Waals surface area (Å²) in [6.07, 6.45) is 1.84. The molecule has 1 aromatic carbocycles. The first kappa shape index (κ1) is 13.2. The number of nitrogens with zero attached hydrogens (tertiary/aromatic N) is 3. The molecule has 2 heterocycles. The number of rotatable bonds is 3. The van der Waals surface area contributed by atoms with Crippen molar-refractivity contribution in [3.05, 3.63) is 65.9 Å². The molecule has 0 fully saturated rings. The van der Waals surface area contributed by atoms with Crippen LogP contribution in [0, 0.1) is 5.82 Å². The van der Waals surface area contributed by atoms with E-state index < -0.39 is 0 Å². The topological polar surface area (TPSA) is 59.3 Å². The van der Waals surface area contributed by atoms with Crippen molar-refractivity contribution in [2.45, 2.75) is 13.0 Å². The maximum absolute atomic E-state index is 12.9. The molecule has 106 valence electrons. The first-order chi connectivity index (χ1) is 10.1. The van der Waals surface area contributed by atoms with E-state index in [1.807, 2.05) is 35.7 Å². The quantitative estimate of drug-likeness (QED) is 0.803. The Bertz CT molecular complexity index is 782. The number of benzene rings is 1. The summed E-state index contributed by atoms with van der Waals surface area (Å²) in [6, 6.07) is 10.7. The van der Waals surface area contributed by atoms with E-state index in [-0.39, 0.29) is 17.8 Å². The Labute approximate surface area is 120 Å². The van der Waals surface area contributed by atoms with E-state index in [2.05, 4.69) is 15.5 Å². The van der Waals surface area contributed by atoms with Crippen molar-refractivity contribution < 1.29 is 9.18 Å². The minimum atomic E-state index is -0.372. The van der Waals surface area contributed by atoms with Gasteiger partial charge in [0.05, 0.1) is 6.04 Å². The van der Waals surface area contributed by atoms with Gasteiger partial charge in [-0.2, -0.15) is 0 Å². The number of pyridine rings is 1. The predicted octanol–water partition coefficient (Wildman–Crippen LogP) is 2.36. The van der Waals surface area contributed by atoms with Crippen molar-refractivity contribution >= 4 is 11.6 Å². The molecule has 3 aromatic rings. The third kappa shape index (κ3) is 2.60. The highest BCUT2D eigenvalue weighted by molar-refractivity contribution is 5.94. The standard InChI is InChI=1S/C15H13FN4O/c1-10(14-19-18-13-4-2-3-9-20(13)14)17-15(21)11-5-7-12(16)8-6-11/h2-10H,1H3,(H,17,21). The van der Waals surface area contributed by atoms with E-state index in [1.54, 1.807) is 0 Å². The molecule has 0 aliphatic carbocycles. The highest BCUT2D eigenvalue weighted by atomic mass is 19.1. The Morgan fingerprint density at radius 3 is 2.71 bits per heavy atom. The van der Waals surface area contributed by atoms with Crippen molar-refractivity contribution in [2.24, 2.45) is 0 Å². The predicted molar refractivity (Wildman–Crippen MR) is 75.3 cm³/mol. The monoisotopic (exact) mass is 284 g/mol. The van der Waals surface area contributed by atoms with E-state index in [0.29, 0.717) is 11.4 Å². The van der Waals surface area contributed by atoms with Gasteiger partial charge in [-0.25, -0.2) is 4.39 Å². The molecule has 3 rings (SSSR count). The molecule has 0 saturated heterocycles. The number of carbonyl (C=O) groups excluding carboxylic acids is 1. The fraction of sp³-hybridized carbons (Fsp3) is 0.133. The van der Waals surface area contributed by atoms with Gasteiger partial charge in [0.1, 0.15) is 5.82 Å². The van der Waals surface area contributed by atoms with Crippen LogP contribution in [0.5, 0.6) is 0 Å². The third-order valence-electron chi connectivity index (χ3n) is 3.18. The largest absolute Gasteiger partial charge is 0.342 e. The molecule has 2 aromatic heterocycles. The van der Waals surface area contributed by atoms with Crippen LogP contribution >= 0.6 is 0 Å². The molecule has 5 nitrogen and oxygen atoms in total. The van der Waals surface area contributed by atoms with Crippen molar-refractivity contribution in [3.8, 4) is 0 Å². The van der Waals surface area contributed by atoms with Crippen LogP contribution in [0.3, 0.4) is 0 Å². The summed E-state index contributed by atoms with van der Waals surface area (Å²) in [5.41, 5.74) is 1.12. The summed E-state index contributed by atoms with van der Waals surface area (Å²) >= 11 is 0. The van der Waals surface area contributed by atoms with Crippen LogP contribution in [0.15, 0.2) is 48.7 Å². The maximum Gasteiger partial charge on any atom is 0.251 e. The number of aromatic nitrogens is 3. The van der Waals surface area contributed by atoms with Gasteiger partial charge < -0.3 is 5.32 Å². The van der Waals surface area contributed by atoms with Gasteiger partial charge in [-0.1, -0.05) is 6.07 Å². The molecule has 1 unspecified atom stereocenters. The lowest BCUT2D eigenvalue weighted by atomic mass is 10.2. The number of nitrogens with one attached hydrogen (secondary N) is 1. The van der Waals surface area contributed by atoms with Crippen LogP contribution in [-0.2, 0) is 0 Å². The highest BCUT2D eigenvalue weighted by Gasteiger charge is 2.16. The molecule has 0 radical (unpaired) electrons. The van der Waals surface area contributed by atoms with Crippen molar-refractivity contribution in [1.29, 1.82) is 0 Å². The summed E-state index contributed by atoms with van der Waals surface area (Å²) in [5.74, 6) is -0.0145. The number of halogens is 1. The third-order valence-corrected chi connectivity index (χ3v) is 3.18. The number of hydrogen-bond acceptors (Lipinski definition) is 3. The Morgan fingerprint density at radius 2 is 1.95 bits per heavy atom. The van der Waals surface area contributed by atoms with Crippen molar-refractivity contribution in [2.75, 3.05) is 0 Å².